The van der Waals surface area contributed by atoms with Gasteiger partial charge in [-0.3, -0.25) is 4.79 Å². The molecule has 0 aromatic heterocycles. The molecular formula is C12H25N3OS. The molecule has 0 aromatic carbocycles. The number of hydrogen-bond acceptors (Lipinski definition) is 3. The number of nitrogens with one attached hydrogen (secondary N) is 1. The minimum atomic E-state index is -0.774. The molecule has 0 spiro atoms. The lowest BCUT2D eigenvalue weighted by atomic mass is 9.92. The van der Waals surface area contributed by atoms with Crippen LogP contribution in [0.15, 0.2) is 0 Å². The van der Waals surface area contributed by atoms with Crippen molar-refractivity contribution in [3.05, 3.63) is 0 Å². The Morgan fingerprint density at radius 1 is 1.53 bits per heavy atom. The number of nitrogens with zero attached hydrogens (tertiary/aromatic N) is 1. The molecule has 0 rings (SSSR count). The maximum Gasteiger partial charge on any atom is 0.232 e. The van der Waals surface area contributed by atoms with E-state index in [1.807, 2.05) is 0 Å². The van der Waals surface area contributed by atoms with E-state index in [4.69, 9.17) is 18.0 Å². The maximum absolute atomic E-state index is 11.8. The standard InChI is InChI=1S/C12H25N3OS/c1-6-9(2)15(5)8-7-14-11(16)12(3,4)10(13)17/h9H,6-8H2,1-5H3,(H2,13,17)(H,14,16). The van der Waals surface area contributed by atoms with Crippen LogP contribution in [0.1, 0.15) is 34.1 Å². The molecule has 0 bridgehead atoms. The highest BCUT2D eigenvalue weighted by Gasteiger charge is 2.30. The summed E-state index contributed by atoms with van der Waals surface area (Å²) in [6.07, 6.45) is 1.10. The number of carbonyl (C=O) groups excluding carboxylic acids is 1. The van der Waals surface area contributed by atoms with Crippen LogP contribution in [0.3, 0.4) is 0 Å². The van der Waals surface area contributed by atoms with Crippen molar-refractivity contribution in [2.45, 2.75) is 40.2 Å². The third kappa shape index (κ3) is 5.00. The molecule has 3 N–H and O–H groups in total. The zero-order valence-corrected chi connectivity index (χ0v) is 12.4. The first kappa shape index (κ1) is 16.3. The van der Waals surface area contributed by atoms with Gasteiger partial charge in [0.1, 0.15) is 0 Å². The van der Waals surface area contributed by atoms with Crippen molar-refractivity contribution < 1.29 is 4.79 Å². The van der Waals surface area contributed by atoms with Gasteiger partial charge in [-0.15, -0.1) is 0 Å². The summed E-state index contributed by atoms with van der Waals surface area (Å²) in [4.78, 5) is 14.3. The molecule has 1 atom stereocenters. The van der Waals surface area contributed by atoms with Crippen molar-refractivity contribution >= 4 is 23.1 Å². The maximum atomic E-state index is 11.8. The molecule has 1 unspecified atom stereocenters. The van der Waals surface area contributed by atoms with Crippen molar-refractivity contribution in [2.24, 2.45) is 11.1 Å². The first-order valence-electron chi connectivity index (χ1n) is 6.01. The number of thiocarbonyl (C=S) groups is 1. The highest BCUT2D eigenvalue weighted by Crippen LogP contribution is 2.14. The summed E-state index contributed by atoms with van der Waals surface area (Å²) in [5, 5.41) is 2.87. The molecule has 100 valence electrons. The Morgan fingerprint density at radius 2 is 2.06 bits per heavy atom. The molecule has 0 heterocycles. The molecule has 0 aliphatic heterocycles. The number of hydrogen-bond donors (Lipinski definition) is 2. The predicted molar refractivity (Wildman–Crippen MR) is 76.0 cm³/mol. The fourth-order valence-corrected chi connectivity index (χ4v) is 1.30. The molecule has 0 fully saturated rings. The summed E-state index contributed by atoms with van der Waals surface area (Å²) in [6, 6.07) is 0.524. The van der Waals surface area contributed by atoms with Crippen LogP contribution in [0.2, 0.25) is 0 Å². The smallest absolute Gasteiger partial charge is 0.232 e. The summed E-state index contributed by atoms with van der Waals surface area (Å²) in [6.45, 7) is 9.24. The lowest BCUT2D eigenvalue weighted by molar-refractivity contribution is -0.126. The van der Waals surface area contributed by atoms with Crippen molar-refractivity contribution in [2.75, 3.05) is 20.1 Å². The van der Waals surface area contributed by atoms with Crippen LogP contribution in [0.25, 0.3) is 0 Å². The lowest BCUT2D eigenvalue weighted by Crippen LogP contribution is -2.47. The number of amides is 1. The third-order valence-electron chi connectivity index (χ3n) is 3.28. The summed E-state index contributed by atoms with van der Waals surface area (Å²) in [5.74, 6) is -0.109. The first-order chi connectivity index (χ1) is 7.73. The molecule has 4 nitrogen and oxygen atoms in total. The van der Waals surface area contributed by atoms with Gasteiger partial charge in [0.15, 0.2) is 0 Å². The molecular weight excluding hydrogens is 234 g/mol. The molecule has 0 saturated carbocycles. The van der Waals surface area contributed by atoms with Gasteiger partial charge < -0.3 is 16.0 Å². The minimum Gasteiger partial charge on any atom is -0.392 e. The normalized spacial score (nSPS) is 13.5. The fourth-order valence-electron chi connectivity index (χ4n) is 1.21. The lowest BCUT2D eigenvalue weighted by Gasteiger charge is -2.25. The van der Waals surface area contributed by atoms with E-state index in [9.17, 15) is 4.79 Å². The van der Waals surface area contributed by atoms with Gasteiger partial charge in [0, 0.05) is 19.1 Å². The SMILES string of the molecule is CCC(C)N(C)CCNC(=O)C(C)(C)C(N)=S. The second-order valence-electron chi connectivity index (χ2n) is 4.98. The molecule has 0 aliphatic rings. The molecule has 0 aliphatic carbocycles. The van der Waals surface area contributed by atoms with E-state index in [2.05, 4.69) is 31.1 Å². The third-order valence-corrected chi connectivity index (χ3v) is 3.79. The van der Waals surface area contributed by atoms with E-state index >= 15 is 0 Å². The molecule has 5 heteroatoms. The van der Waals surface area contributed by atoms with Crippen LogP contribution in [-0.4, -0.2) is 42.0 Å². The van der Waals surface area contributed by atoms with Gasteiger partial charge in [0.25, 0.3) is 0 Å². The van der Waals surface area contributed by atoms with Gasteiger partial charge in [-0.1, -0.05) is 19.1 Å². The Bertz CT molecular complexity index is 279. The van der Waals surface area contributed by atoms with Gasteiger partial charge in [0.05, 0.1) is 10.4 Å². The average molecular weight is 259 g/mol. The molecule has 17 heavy (non-hydrogen) atoms. The minimum absolute atomic E-state index is 0.109. The van der Waals surface area contributed by atoms with E-state index in [-0.39, 0.29) is 10.9 Å². The second-order valence-corrected chi connectivity index (χ2v) is 5.42. The monoisotopic (exact) mass is 259 g/mol. The summed E-state index contributed by atoms with van der Waals surface area (Å²) in [7, 11) is 2.05. The van der Waals surface area contributed by atoms with Crippen molar-refractivity contribution in [3.63, 3.8) is 0 Å². The first-order valence-corrected chi connectivity index (χ1v) is 6.42. The van der Waals surface area contributed by atoms with Crippen LogP contribution in [0, 0.1) is 5.41 Å². The van der Waals surface area contributed by atoms with Crippen molar-refractivity contribution in [3.8, 4) is 0 Å². The molecule has 1 amide bonds. The van der Waals surface area contributed by atoms with E-state index in [1.54, 1.807) is 13.8 Å². The summed E-state index contributed by atoms with van der Waals surface area (Å²) < 4.78 is 0. The van der Waals surface area contributed by atoms with Crippen LogP contribution in [-0.2, 0) is 4.79 Å². The highest BCUT2D eigenvalue weighted by molar-refractivity contribution is 7.80. The Labute approximate surface area is 110 Å². The largest absolute Gasteiger partial charge is 0.392 e. The highest BCUT2D eigenvalue weighted by atomic mass is 32.1. The topological polar surface area (TPSA) is 58.4 Å². The Hall–Kier alpha value is -0.680. The zero-order chi connectivity index (χ0) is 13.6. The van der Waals surface area contributed by atoms with E-state index in [0.717, 1.165) is 13.0 Å². The summed E-state index contributed by atoms with van der Waals surface area (Å²) in [5.41, 5.74) is 4.76. The predicted octanol–water partition coefficient (Wildman–Crippen LogP) is 1.15. The Kier molecular flexibility index (Phi) is 6.64. The fraction of sp³-hybridized carbons (Fsp3) is 0.833. The van der Waals surface area contributed by atoms with Crippen LogP contribution in [0.5, 0.6) is 0 Å². The van der Waals surface area contributed by atoms with Gasteiger partial charge in [0.2, 0.25) is 5.91 Å². The number of nitrogens with two attached hydrogens (primary N) is 1. The van der Waals surface area contributed by atoms with E-state index in [0.29, 0.717) is 12.6 Å². The van der Waals surface area contributed by atoms with Crippen LogP contribution in [0.4, 0.5) is 0 Å². The van der Waals surface area contributed by atoms with Gasteiger partial charge >= 0.3 is 0 Å². The number of likely N-dealkylation sites (N-methyl/N-ethyl adjacent to an activating group) is 1. The average Bonchev–Trinajstić information content (AvgIpc) is 2.27. The van der Waals surface area contributed by atoms with Crippen LogP contribution >= 0.6 is 12.2 Å². The van der Waals surface area contributed by atoms with Crippen LogP contribution < -0.4 is 11.1 Å². The van der Waals surface area contributed by atoms with Crippen molar-refractivity contribution in [1.29, 1.82) is 0 Å². The van der Waals surface area contributed by atoms with E-state index < -0.39 is 5.41 Å². The molecule has 0 saturated heterocycles. The van der Waals surface area contributed by atoms with Crippen molar-refractivity contribution in [1.82, 2.24) is 10.2 Å². The summed E-state index contributed by atoms with van der Waals surface area (Å²) >= 11 is 4.88. The van der Waals surface area contributed by atoms with Gasteiger partial charge in [-0.25, -0.2) is 0 Å². The molecule has 0 radical (unpaired) electrons. The Morgan fingerprint density at radius 3 is 2.47 bits per heavy atom. The van der Waals surface area contributed by atoms with E-state index in [1.165, 1.54) is 0 Å². The second kappa shape index (κ2) is 6.91. The van der Waals surface area contributed by atoms with Gasteiger partial charge in [-0.05, 0) is 34.2 Å². The molecule has 0 aromatic rings. The van der Waals surface area contributed by atoms with Gasteiger partial charge in [-0.2, -0.15) is 0 Å². The number of carbonyl (C=O) groups is 1. The quantitative estimate of drug-likeness (QED) is 0.673. The number of rotatable bonds is 7. The zero-order valence-electron chi connectivity index (χ0n) is 11.5. The Balaban J connectivity index is 4.06.